The molecule has 1 fully saturated rings. The molecule has 76 valence electrons. The Balaban J connectivity index is 2.05. The maximum atomic E-state index is 5.84. The molecular formula is C11H16N2O. The molecule has 0 saturated heterocycles. The van der Waals surface area contributed by atoms with E-state index in [0.717, 1.165) is 0 Å². The van der Waals surface area contributed by atoms with E-state index in [0.29, 0.717) is 23.8 Å². The quantitative estimate of drug-likeness (QED) is 0.790. The van der Waals surface area contributed by atoms with Crippen LogP contribution in [0.2, 0.25) is 0 Å². The van der Waals surface area contributed by atoms with Crippen LogP contribution in [0.25, 0.3) is 0 Å². The van der Waals surface area contributed by atoms with Crippen LogP contribution in [0.4, 0.5) is 0 Å². The van der Waals surface area contributed by atoms with Gasteiger partial charge in [-0.25, -0.2) is 4.98 Å². The van der Waals surface area contributed by atoms with Crippen LogP contribution in [0.1, 0.15) is 24.8 Å². The Morgan fingerprint density at radius 2 is 2.36 bits per heavy atom. The molecule has 0 bridgehead atoms. The summed E-state index contributed by atoms with van der Waals surface area (Å²) >= 11 is 0. The van der Waals surface area contributed by atoms with Crippen LogP contribution in [0.15, 0.2) is 18.3 Å². The molecule has 0 amide bonds. The van der Waals surface area contributed by atoms with Gasteiger partial charge in [-0.3, -0.25) is 0 Å². The van der Waals surface area contributed by atoms with Crippen molar-refractivity contribution in [2.45, 2.75) is 25.3 Å². The first-order valence-electron chi connectivity index (χ1n) is 4.98. The molecule has 3 nitrogen and oxygen atoms in total. The maximum Gasteiger partial charge on any atom is 0.212 e. The summed E-state index contributed by atoms with van der Waals surface area (Å²) in [5, 5.41) is 0. The maximum absolute atomic E-state index is 5.84. The molecule has 1 aromatic heterocycles. The molecule has 14 heavy (non-hydrogen) atoms. The van der Waals surface area contributed by atoms with Crippen LogP contribution in [0, 0.1) is 5.92 Å². The minimum atomic E-state index is 0.294. The Bertz CT molecular complexity index is 308. The van der Waals surface area contributed by atoms with Gasteiger partial charge in [-0.2, -0.15) is 0 Å². The van der Waals surface area contributed by atoms with Gasteiger partial charge in [0.05, 0.1) is 7.11 Å². The number of ether oxygens (including phenoxy) is 1. The molecule has 2 N–H and O–H groups in total. The minimum Gasteiger partial charge on any atom is -0.481 e. The lowest BCUT2D eigenvalue weighted by Crippen LogP contribution is -2.17. The molecule has 1 saturated carbocycles. The van der Waals surface area contributed by atoms with E-state index in [-0.39, 0.29) is 0 Å². The SMILES string of the molecule is COc1ccc(C2CC2C(C)N)cn1. The summed E-state index contributed by atoms with van der Waals surface area (Å²) in [6.45, 7) is 2.07. The first-order chi connectivity index (χ1) is 6.72. The molecule has 0 spiro atoms. The average molecular weight is 192 g/mol. The van der Waals surface area contributed by atoms with E-state index in [2.05, 4.69) is 18.0 Å². The van der Waals surface area contributed by atoms with E-state index in [1.165, 1.54) is 12.0 Å². The molecule has 2 rings (SSSR count). The van der Waals surface area contributed by atoms with Gasteiger partial charge < -0.3 is 10.5 Å². The topological polar surface area (TPSA) is 48.1 Å². The second-order valence-electron chi connectivity index (χ2n) is 4.00. The van der Waals surface area contributed by atoms with Crippen LogP contribution in [-0.4, -0.2) is 18.1 Å². The fourth-order valence-electron chi connectivity index (χ4n) is 1.91. The minimum absolute atomic E-state index is 0.294. The van der Waals surface area contributed by atoms with Crippen molar-refractivity contribution in [2.24, 2.45) is 11.7 Å². The monoisotopic (exact) mass is 192 g/mol. The number of hydrogen-bond donors (Lipinski definition) is 1. The van der Waals surface area contributed by atoms with E-state index >= 15 is 0 Å². The molecular weight excluding hydrogens is 176 g/mol. The van der Waals surface area contributed by atoms with Gasteiger partial charge in [0.25, 0.3) is 0 Å². The van der Waals surface area contributed by atoms with Crippen LogP contribution in [-0.2, 0) is 0 Å². The van der Waals surface area contributed by atoms with Crippen molar-refractivity contribution in [3.05, 3.63) is 23.9 Å². The van der Waals surface area contributed by atoms with Crippen LogP contribution in [0.5, 0.6) is 5.88 Å². The number of methoxy groups -OCH3 is 1. The van der Waals surface area contributed by atoms with Crippen molar-refractivity contribution in [3.8, 4) is 5.88 Å². The standard InChI is InChI=1S/C11H16N2O/c1-7(12)9-5-10(9)8-3-4-11(14-2)13-6-8/h3-4,6-7,9-10H,5,12H2,1-2H3. The highest BCUT2D eigenvalue weighted by atomic mass is 16.5. The zero-order valence-corrected chi connectivity index (χ0v) is 8.60. The number of hydrogen-bond acceptors (Lipinski definition) is 3. The van der Waals surface area contributed by atoms with E-state index in [9.17, 15) is 0 Å². The third-order valence-corrected chi connectivity index (χ3v) is 2.91. The van der Waals surface area contributed by atoms with Gasteiger partial charge in [0.15, 0.2) is 0 Å². The van der Waals surface area contributed by atoms with Gasteiger partial charge in [-0.05, 0) is 30.7 Å². The van der Waals surface area contributed by atoms with Crippen molar-refractivity contribution in [3.63, 3.8) is 0 Å². The van der Waals surface area contributed by atoms with E-state index in [1.807, 2.05) is 12.3 Å². The Kier molecular flexibility index (Phi) is 2.42. The van der Waals surface area contributed by atoms with Crippen molar-refractivity contribution in [1.82, 2.24) is 4.98 Å². The molecule has 3 unspecified atom stereocenters. The number of aromatic nitrogens is 1. The lowest BCUT2D eigenvalue weighted by atomic mass is 10.1. The second kappa shape index (κ2) is 3.58. The van der Waals surface area contributed by atoms with E-state index in [4.69, 9.17) is 10.5 Å². The zero-order chi connectivity index (χ0) is 10.1. The van der Waals surface area contributed by atoms with Gasteiger partial charge >= 0.3 is 0 Å². The Morgan fingerprint density at radius 1 is 1.57 bits per heavy atom. The highest BCUT2D eigenvalue weighted by molar-refractivity contribution is 5.26. The van der Waals surface area contributed by atoms with Gasteiger partial charge in [0, 0.05) is 18.3 Å². The summed E-state index contributed by atoms with van der Waals surface area (Å²) < 4.78 is 5.01. The van der Waals surface area contributed by atoms with Gasteiger partial charge in [-0.1, -0.05) is 6.07 Å². The Hall–Kier alpha value is -1.09. The predicted octanol–water partition coefficient (Wildman–Crippen LogP) is 1.54. The summed E-state index contributed by atoms with van der Waals surface area (Å²) in [4.78, 5) is 4.19. The number of nitrogens with two attached hydrogens (primary N) is 1. The van der Waals surface area contributed by atoms with Crippen molar-refractivity contribution < 1.29 is 4.74 Å². The molecule has 1 aliphatic rings. The van der Waals surface area contributed by atoms with E-state index < -0.39 is 0 Å². The van der Waals surface area contributed by atoms with Gasteiger partial charge in [-0.15, -0.1) is 0 Å². The van der Waals surface area contributed by atoms with Gasteiger partial charge in [0.1, 0.15) is 0 Å². The zero-order valence-electron chi connectivity index (χ0n) is 8.60. The largest absolute Gasteiger partial charge is 0.481 e. The van der Waals surface area contributed by atoms with E-state index in [1.54, 1.807) is 7.11 Å². The molecule has 0 radical (unpaired) electrons. The average Bonchev–Trinajstić information content (AvgIpc) is 2.97. The molecule has 3 heteroatoms. The normalized spacial score (nSPS) is 27.1. The first-order valence-corrected chi connectivity index (χ1v) is 4.98. The molecule has 1 heterocycles. The van der Waals surface area contributed by atoms with Gasteiger partial charge in [0.2, 0.25) is 5.88 Å². The lowest BCUT2D eigenvalue weighted by Gasteiger charge is -2.04. The van der Waals surface area contributed by atoms with Crippen LogP contribution in [0.3, 0.4) is 0 Å². The number of nitrogens with zero attached hydrogens (tertiary/aromatic N) is 1. The first kappa shape index (κ1) is 9.46. The number of rotatable bonds is 3. The highest BCUT2D eigenvalue weighted by Gasteiger charge is 2.40. The molecule has 0 aromatic carbocycles. The van der Waals surface area contributed by atoms with Crippen LogP contribution >= 0.6 is 0 Å². The summed E-state index contributed by atoms with van der Waals surface area (Å²) in [6.07, 6.45) is 3.09. The summed E-state index contributed by atoms with van der Waals surface area (Å²) in [7, 11) is 1.63. The smallest absolute Gasteiger partial charge is 0.212 e. The fourth-order valence-corrected chi connectivity index (χ4v) is 1.91. The summed E-state index contributed by atoms with van der Waals surface area (Å²) in [5.41, 5.74) is 7.12. The second-order valence-corrected chi connectivity index (χ2v) is 4.00. The predicted molar refractivity (Wildman–Crippen MR) is 55.3 cm³/mol. The Labute approximate surface area is 84.3 Å². The number of pyridine rings is 1. The fraction of sp³-hybridized carbons (Fsp3) is 0.545. The molecule has 0 aliphatic heterocycles. The third kappa shape index (κ3) is 1.73. The van der Waals surface area contributed by atoms with Crippen molar-refractivity contribution in [2.75, 3.05) is 7.11 Å². The molecule has 1 aromatic rings. The molecule has 1 aliphatic carbocycles. The lowest BCUT2D eigenvalue weighted by molar-refractivity contribution is 0.397. The van der Waals surface area contributed by atoms with Crippen molar-refractivity contribution in [1.29, 1.82) is 0 Å². The third-order valence-electron chi connectivity index (χ3n) is 2.91. The van der Waals surface area contributed by atoms with Crippen molar-refractivity contribution >= 4 is 0 Å². The molecule has 3 atom stereocenters. The highest BCUT2D eigenvalue weighted by Crippen LogP contribution is 2.48. The summed E-state index contributed by atoms with van der Waals surface area (Å²) in [6, 6.07) is 4.28. The Morgan fingerprint density at radius 3 is 2.79 bits per heavy atom. The van der Waals surface area contributed by atoms with Crippen LogP contribution < -0.4 is 10.5 Å². The summed E-state index contributed by atoms with van der Waals surface area (Å²) in [5.74, 6) is 1.94.